The van der Waals surface area contributed by atoms with Gasteiger partial charge in [-0.2, -0.15) is 5.10 Å². The summed E-state index contributed by atoms with van der Waals surface area (Å²) in [6.45, 7) is 2.58. The molecule has 1 aliphatic rings. The monoisotopic (exact) mass is 422 g/mol. The first-order valence-electron chi connectivity index (χ1n) is 11.0. The molecule has 4 aromatic carbocycles. The molecule has 0 saturated heterocycles. The van der Waals surface area contributed by atoms with Crippen molar-refractivity contribution >= 4 is 22.2 Å². The van der Waals surface area contributed by atoms with Crippen LogP contribution in [0.25, 0.3) is 10.8 Å². The summed E-state index contributed by atoms with van der Waals surface area (Å²) in [5.74, 6) is 1.51. The molecule has 0 spiro atoms. The number of rotatable bonds is 6. The van der Waals surface area contributed by atoms with Gasteiger partial charge in [-0.3, -0.25) is 5.01 Å². The van der Waals surface area contributed by atoms with Gasteiger partial charge in [0.15, 0.2) is 11.5 Å². The number of hydrazone groups is 1. The van der Waals surface area contributed by atoms with E-state index < -0.39 is 0 Å². The molecule has 0 amide bonds. The Morgan fingerprint density at radius 2 is 1.66 bits per heavy atom. The van der Waals surface area contributed by atoms with Crippen molar-refractivity contribution in [2.24, 2.45) is 5.10 Å². The van der Waals surface area contributed by atoms with Gasteiger partial charge >= 0.3 is 0 Å². The van der Waals surface area contributed by atoms with E-state index in [0.717, 1.165) is 40.4 Å². The van der Waals surface area contributed by atoms with Crippen LogP contribution in [0.1, 0.15) is 30.5 Å². The molecule has 1 heterocycles. The van der Waals surface area contributed by atoms with E-state index in [1.807, 2.05) is 19.1 Å². The highest BCUT2D eigenvalue weighted by atomic mass is 16.5. The van der Waals surface area contributed by atoms with E-state index in [1.165, 1.54) is 10.8 Å². The van der Waals surface area contributed by atoms with Crippen molar-refractivity contribution in [2.75, 3.05) is 18.7 Å². The fourth-order valence-corrected chi connectivity index (χ4v) is 4.37. The molecule has 5 rings (SSSR count). The lowest BCUT2D eigenvalue weighted by atomic mass is 9.97. The molecule has 0 radical (unpaired) electrons. The summed E-state index contributed by atoms with van der Waals surface area (Å²) in [5, 5.41) is 9.69. The first-order chi connectivity index (χ1) is 15.8. The van der Waals surface area contributed by atoms with Gasteiger partial charge < -0.3 is 9.47 Å². The van der Waals surface area contributed by atoms with E-state index >= 15 is 0 Å². The third-order valence-electron chi connectivity index (χ3n) is 5.90. The quantitative estimate of drug-likeness (QED) is 0.351. The number of hydrogen-bond acceptors (Lipinski definition) is 4. The molecular formula is C28H26N2O2. The second-order valence-corrected chi connectivity index (χ2v) is 7.82. The highest BCUT2D eigenvalue weighted by Crippen LogP contribution is 2.41. The van der Waals surface area contributed by atoms with Crippen molar-refractivity contribution in [3.63, 3.8) is 0 Å². The molecule has 4 nitrogen and oxygen atoms in total. The Labute approximate surface area is 188 Å². The molecule has 0 fully saturated rings. The maximum absolute atomic E-state index is 5.74. The SMILES string of the molecule is CCOc1ccc(C2CC(c3ccccc3)=NN2c2cccc3ccccc23)cc1OC. The van der Waals surface area contributed by atoms with Crippen molar-refractivity contribution < 1.29 is 9.47 Å². The smallest absolute Gasteiger partial charge is 0.161 e. The summed E-state index contributed by atoms with van der Waals surface area (Å²) in [5.41, 5.74) is 4.48. The number of nitrogens with zero attached hydrogens (tertiary/aromatic N) is 2. The Morgan fingerprint density at radius 3 is 2.47 bits per heavy atom. The van der Waals surface area contributed by atoms with Gasteiger partial charge in [0, 0.05) is 11.8 Å². The van der Waals surface area contributed by atoms with Crippen LogP contribution in [0, 0.1) is 0 Å². The van der Waals surface area contributed by atoms with Gasteiger partial charge in [0.2, 0.25) is 0 Å². The average molecular weight is 423 g/mol. The first kappa shape index (κ1) is 20.1. The van der Waals surface area contributed by atoms with Crippen LogP contribution in [-0.4, -0.2) is 19.4 Å². The maximum Gasteiger partial charge on any atom is 0.161 e. The van der Waals surface area contributed by atoms with Crippen LogP contribution in [0.4, 0.5) is 5.69 Å². The fraction of sp³-hybridized carbons (Fsp3) is 0.179. The highest BCUT2D eigenvalue weighted by Gasteiger charge is 2.31. The van der Waals surface area contributed by atoms with Crippen LogP contribution in [0.5, 0.6) is 11.5 Å². The normalized spacial score (nSPS) is 15.6. The summed E-state index contributed by atoms with van der Waals surface area (Å²) < 4.78 is 11.4. The predicted octanol–water partition coefficient (Wildman–Crippen LogP) is 6.60. The van der Waals surface area contributed by atoms with Gasteiger partial charge in [-0.1, -0.05) is 72.8 Å². The van der Waals surface area contributed by atoms with E-state index in [4.69, 9.17) is 14.6 Å². The summed E-state index contributed by atoms with van der Waals surface area (Å²) in [6.07, 6.45) is 0.810. The summed E-state index contributed by atoms with van der Waals surface area (Å²) in [6, 6.07) is 31.5. The molecule has 1 atom stereocenters. The minimum absolute atomic E-state index is 0.0561. The van der Waals surface area contributed by atoms with Crippen molar-refractivity contribution in [1.82, 2.24) is 0 Å². The highest BCUT2D eigenvalue weighted by molar-refractivity contribution is 6.04. The molecule has 1 aliphatic heterocycles. The lowest BCUT2D eigenvalue weighted by molar-refractivity contribution is 0.310. The second kappa shape index (κ2) is 8.75. The molecule has 1 unspecified atom stereocenters. The Bertz CT molecular complexity index is 1260. The number of methoxy groups -OCH3 is 1. The van der Waals surface area contributed by atoms with Crippen LogP contribution in [-0.2, 0) is 0 Å². The Balaban J connectivity index is 1.63. The van der Waals surface area contributed by atoms with Crippen molar-refractivity contribution in [2.45, 2.75) is 19.4 Å². The lowest BCUT2D eigenvalue weighted by Gasteiger charge is -2.26. The third-order valence-corrected chi connectivity index (χ3v) is 5.90. The molecule has 4 heteroatoms. The number of fused-ring (bicyclic) bond motifs is 1. The fourth-order valence-electron chi connectivity index (χ4n) is 4.37. The van der Waals surface area contributed by atoms with Gasteiger partial charge in [-0.25, -0.2) is 0 Å². The van der Waals surface area contributed by atoms with Crippen molar-refractivity contribution in [1.29, 1.82) is 0 Å². The third kappa shape index (κ3) is 3.69. The summed E-state index contributed by atoms with van der Waals surface area (Å²) in [7, 11) is 1.69. The van der Waals surface area contributed by atoms with Crippen LogP contribution in [0.3, 0.4) is 0 Å². The molecule has 0 N–H and O–H groups in total. The zero-order chi connectivity index (χ0) is 21.9. The standard InChI is InChI=1S/C28H26N2O2/c1-3-32-27-17-16-22(18-28(27)31-2)26-19-24(21-11-5-4-6-12-21)29-30(26)25-15-9-13-20-10-7-8-14-23(20)25/h4-18,26H,3,19H2,1-2H3. The lowest BCUT2D eigenvalue weighted by Crippen LogP contribution is -2.19. The molecule has 0 aliphatic carbocycles. The van der Waals surface area contributed by atoms with Gasteiger partial charge in [0.25, 0.3) is 0 Å². The van der Waals surface area contributed by atoms with E-state index in [0.29, 0.717) is 6.61 Å². The predicted molar refractivity (Wildman–Crippen MR) is 131 cm³/mol. The van der Waals surface area contributed by atoms with Crippen LogP contribution in [0.15, 0.2) is 96.1 Å². The van der Waals surface area contributed by atoms with Gasteiger partial charge in [-0.05, 0) is 41.6 Å². The maximum atomic E-state index is 5.74. The van der Waals surface area contributed by atoms with E-state index in [2.05, 4.69) is 83.9 Å². The number of hydrogen-bond donors (Lipinski definition) is 0. The number of ether oxygens (including phenoxy) is 2. The van der Waals surface area contributed by atoms with Crippen molar-refractivity contribution in [3.8, 4) is 11.5 Å². The molecule has 0 bridgehead atoms. The average Bonchev–Trinajstić information content (AvgIpc) is 3.30. The molecule has 0 saturated carbocycles. The molecule has 160 valence electrons. The Kier molecular flexibility index (Phi) is 5.51. The molecule has 4 aromatic rings. The van der Waals surface area contributed by atoms with E-state index in [-0.39, 0.29) is 6.04 Å². The van der Waals surface area contributed by atoms with Crippen LogP contribution >= 0.6 is 0 Å². The summed E-state index contributed by atoms with van der Waals surface area (Å²) >= 11 is 0. The van der Waals surface area contributed by atoms with Crippen LogP contribution < -0.4 is 14.5 Å². The Morgan fingerprint density at radius 1 is 0.875 bits per heavy atom. The molecule has 32 heavy (non-hydrogen) atoms. The zero-order valence-corrected chi connectivity index (χ0v) is 18.4. The van der Waals surface area contributed by atoms with E-state index in [1.54, 1.807) is 7.11 Å². The largest absolute Gasteiger partial charge is 0.493 e. The zero-order valence-electron chi connectivity index (χ0n) is 18.4. The minimum atomic E-state index is 0.0561. The first-order valence-corrected chi connectivity index (χ1v) is 11.0. The van der Waals surface area contributed by atoms with Gasteiger partial charge in [-0.15, -0.1) is 0 Å². The van der Waals surface area contributed by atoms with E-state index in [9.17, 15) is 0 Å². The van der Waals surface area contributed by atoms with Crippen LogP contribution in [0.2, 0.25) is 0 Å². The topological polar surface area (TPSA) is 34.1 Å². The number of anilines is 1. The summed E-state index contributed by atoms with van der Waals surface area (Å²) in [4.78, 5) is 0. The minimum Gasteiger partial charge on any atom is -0.493 e. The van der Waals surface area contributed by atoms with Crippen molar-refractivity contribution in [3.05, 3.63) is 102 Å². The van der Waals surface area contributed by atoms with Gasteiger partial charge in [0.1, 0.15) is 0 Å². The molecule has 0 aromatic heterocycles. The second-order valence-electron chi connectivity index (χ2n) is 7.82. The Hall–Kier alpha value is -3.79. The number of benzene rings is 4. The molecular weight excluding hydrogens is 396 g/mol. The van der Waals surface area contributed by atoms with Gasteiger partial charge in [0.05, 0.1) is 31.2 Å².